The average molecular weight is 290 g/mol. The molecule has 7 nitrogen and oxygen atoms in total. The molecule has 1 aliphatic carbocycles. The van der Waals surface area contributed by atoms with E-state index < -0.39 is 0 Å². The van der Waals surface area contributed by atoms with Crippen LogP contribution in [0.25, 0.3) is 0 Å². The lowest BCUT2D eigenvalue weighted by molar-refractivity contribution is 0.0926. The Balaban J connectivity index is 1.79. The fraction of sp³-hybridized carbons (Fsp3) is 0.500. The molecule has 0 fully saturated rings. The van der Waals surface area contributed by atoms with Crippen molar-refractivity contribution in [3.63, 3.8) is 0 Å². The van der Waals surface area contributed by atoms with Crippen molar-refractivity contribution in [3.8, 4) is 0 Å². The highest BCUT2D eigenvalue weighted by Gasteiger charge is 2.26. The molecule has 0 saturated heterocycles. The van der Waals surface area contributed by atoms with Crippen molar-refractivity contribution >= 4 is 5.91 Å². The SMILES string of the molecule is Cc1ocnc1C(=O)NC1CCCc2c1cnn2CCO. The minimum absolute atomic E-state index is 0.0588. The van der Waals surface area contributed by atoms with Crippen LogP contribution in [-0.2, 0) is 13.0 Å². The molecule has 2 heterocycles. The van der Waals surface area contributed by atoms with E-state index in [2.05, 4.69) is 15.4 Å². The summed E-state index contributed by atoms with van der Waals surface area (Å²) in [7, 11) is 0. The first kappa shape index (κ1) is 13.8. The van der Waals surface area contributed by atoms with E-state index in [1.807, 2.05) is 4.68 Å². The molecule has 1 unspecified atom stereocenters. The number of aryl methyl sites for hydroxylation is 1. The van der Waals surface area contributed by atoms with Crippen LogP contribution in [0.2, 0.25) is 0 Å². The highest BCUT2D eigenvalue weighted by atomic mass is 16.3. The van der Waals surface area contributed by atoms with Crippen LogP contribution in [0.15, 0.2) is 17.0 Å². The van der Waals surface area contributed by atoms with Crippen molar-refractivity contribution in [1.82, 2.24) is 20.1 Å². The van der Waals surface area contributed by atoms with Crippen molar-refractivity contribution in [2.75, 3.05) is 6.61 Å². The van der Waals surface area contributed by atoms with Crippen LogP contribution in [0.4, 0.5) is 0 Å². The highest BCUT2D eigenvalue weighted by molar-refractivity contribution is 5.93. The number of carbonyl (C=O) groups is 1. The summed E-state index contributed by atoms with van der Waals surface area (Å²) in [5.74, 6) is 0.286. The Morgan fingerprint density at radius 2 is 2.48 bits per heavy atom. The topological polar surface area (TPSA) is 93.2 Å². The normalized spacial score (nSPS) is 17.5. The molecule has 2 N–H and O–H groups in total. The van der Waals surface area contributed by atoms with Crippen LogP contribution in [0.3, 0.4) is 0 Å². The molecule has 0 spiro atoms. The van der Waals surface area contributed by atoms with Crippen LogP contribution in [-0.4, -0.2) is 32.4 Å². The molecular formula is C14H18N4O3. The van der Waals surface area contributed by atoms with Gasteiger partial charge in [-0.15, -0.1) is 0 Å². The van der Waals surface area contributed by atoms with Gasteiger partial charge >= 0.3 is 0 Å². The van der Waals surface area contributed by atoms with Crippen molar-refractivity contribution < 1.29 is 14.3 Å². The molecule has 7 heteroatoms. The largest absolute Gasteiger partial charge is 0.448 e. The number of aliphatic hydroxyl groups excluding tert-OH is 1. The number of rotatable bonds is 4. The zero-order valence-corrected chi connectivity index (χ0v) is 11.9. The summed E-state index contributed by atoms with van der Waals surface area (Å²) < 4.78 is 6.88. The Labute approximate surface area is 122 Å². The lowest BCUT2D eigenvalue weighted by Crippen LogP contribution is -2.31. The van der Waals surface area contributed by atoms with Gasteiger partial charge in [-0.2, -0.15) is 5.10 Å². The Morgan fingerprint density at radius 1 is 1.62 bits per heavy atom. The van der Waals surface area contributed by atoms with E-state index in [1.54, 1.807) is 13.1 Å². The summed E-state index contributed by atoms with van der Waals surface area (Å²) in [6.45, 7) is 2.26. The Hall–Kier alpha value is -2.15. The molecular weight excluding hydrogens is 272 g/mol. The minimum Gasteiger partial charge on any atom is -0.448 e. The van der Waals surface area contributed by atoms with E-state index in [4.69, 9.17) is 9.52 Å². The predicted molar refractivity (Wildman–Crippen MR) is 73.7 cm³/mol. The van der Waals surface area contributed by atoms with Gasteiger partial charge in [-0.05, 0) is 26.2 Å². The molecule has 3 rings (SSSR count). The average Bonchev–Trinajstić information content (AvgIpc) is 3.07. The Kier molecular flexibility index (Phi) is 3.74. The molecule has 0 bridgehead atoms. The number of hydrogen-bond donors (Lipinski definition) is 2. The number of hydrogen-bond acceptors (Lipinski definition) is 5. The zero-order valence-electron chi connectivity index (χ0n) is 11.9. The summed E-state index contributed by atoms with van der Waals surface area (Å²) in [4.78, 5) is 16.2. The van der Waals surface area contributed by atoms with Crippen LogP contribution in [0.1, 0.15) is 46.4 Å². The molecule has 2 aromatic heterocycles. The third-order valence-electron chi connectivity index (χ3n) is 3.84. The predicted octanol–water partition coefficient (Wildman–Crippen LogP) is 0.979. The van der Waals surface area contributed by atoms with Crippen LogP contribution in [0.5, 0.6) is 0 Å². The second-order valence-corrected chi connectivity index (χ2v) is 5.17. The maximum atomic E-state index is 12.2. The van der Waals surface area contributed by atoms with Gasteiger partial charge in [-0.3, -0.25) is 9.48 Å². The molecule has 0 aromatic carbocycles. The maximum absolute atomic E-state index is 12.2. The number of carbonyl (C=O) groups excluding carboxylic acids is 1. The van der Waals surface area contributed by atoms with Gasteiger partial charge in [-0.25, -0.2) is 4.98 Å². The van der Waals surface area contributed by atoms with E-state index in [0.717, 1.165) is 30.5 Å². The first-order valence-electron chi connectivity index (χ1n) is 7.07. The van der Waals surface area contributed by atoms with Gasteiger partial charge in [0.05, 0.1) is 25.4 Å². The number of nitrogens with zero attached hydrogens (tertiary/aromatic N) is 3. The third-order valence-corrected chi connectivity index (χ3v) is 3.84. The van der Waals surface area contributed by atoms with Gasteiger partial charge in [-0.1, -0.05) is 0 Å². The lowest BCUT2D eigenvalue weighted by atomic mass is 9.93. The molecule has 112 valence electrons. The monoisotopic (exact) mass is 290 g/mol. The first-order chi connectivity index (χ1) is 10.2. The van der Waals surface area contributed by atoms with Crippen LogP contribution in [0, 0.1) is 6.92 Å². The molecule has 0 radical (unpaired) electrons. The van der Waals surface area contributed by atoms with E-state index in [-0.39, 0.29) is 18.6 Å². The molecule has 0 saturated carbocycles. The summed E-state index contributed by atoms with van der Waals surface area (Å²) in [5, 5.41) is 16.4. The number of fused-ring (bicyclic) bond motifs is 1. The summed E-state index contributed by atoms with van der Waals surface area (Å²) in [5.41, 5.74) is 2.45. The fourth-order valence-electron chi connectivity index (χ4n) is 2.81. The minimum atomic E-state index is -0.228. The standard InChI is InChI=1S/C14H18N4O3/c1-9-13(15-8-21-9)14(20)17-11-3-2-4-12-10(11)7-16-18(12)5-6-19/h7-8,11,19H,2-6H2,1H3,(H,17,20). The van der Waals surface area contributed by atoms with E-state index in [0.29, 0.717) is 18.0 Å². The van der Waals surface area contributed by atoms with Gasteiger partial charge in [0.1, 0.15) is 5.76 Å². The van der Waals surface area contributed by atoms with Crippen molar-refractivity contribution in [2.45, 2.75) is 38.8 Å². The smallest absolute Gasteiger partial charge is 0.274 e. The molecule has 21 heavy (non-hydrogen) atoms. The quantitative estimate of drug-likeness (QED) is 0.875. The van der Waals surface area contributed by atoms with Gasteiger partial charge < -0.3 is 14.8 Å². The molecule has 0 aliphatic heterocycles. The second kappa shape index (κ2) is 5.69. The number of oxazole rings is 1. The number of nitrogens with one attached hydrogen (secondary N) is 1. The third kappa shape index (κ3) is 2.56. The zero-order chi connectivity index (χ0) is 14.8. The first-order valence-corrected chi connectivity index (χ1v) is 7.07. The molecule has 2 aromatic rings. The van der Waals surface area contributed by atoms with E-state index in [9.17, 15) is 4.79 Å². The van der Waals surface area contributed by atoms with Crippen LogP contribution < -0.4 is 5.32 Å². The summed E-state index contributed by atoms with van der Waals surface area (Å²) in [6, 6.07) is -0.0650. The lowest BCUT2D eigenvalue weighted by Gasteiger charge is -2.23. The molecule has 1 aliphatic rings. The second-order valence-electron chi connectivity index (χ2n) is 5.17. The number of amides is 1. The number of aliphatic hydroxyl groups is 1. The Morgan fingerprint density at radius 3 is 3.19 bits per heavy atom. The Bertz CT molecular complexity index is 646. The van der Waals surface area contributed by atoms with E-state index >= 15 is 0 Å². The van der Waals surface area contributed by atoms with Crippen molar-refractivity contribution in [1.29, 1.82) is 0 Å². The number of aromatic nitrogens is 3. The van der Waals surface area contributed by atoms with E-state index in [1.165, 1.54) is 6.39 Å². The summed E-state index contributed by atoms with van der Waals surface area (Å²) >= 11 is 0. The van der Waals surface area contributed by atoms with Gasteiger partial charge in [0.2, 0.25) is 0 Å². The summed E-state index contributed by atoms with van der Waals surface area (Å²) in [6.07, 6.45) is 5.83. The molecule has 1 amide bonds. The van der Waals surface area contributed by atoms with Gasteiger partial charge in [0.25, 0.3) is 5.91 Å². The fourth-order valence-corrected chi connectivity index (χ4v) is 2.81. The van der Waals surface area contributed by atoms with Crippen molar-refractivity contribution in [2.24, 2.45) is 0 Å². The highest BCUT2D eigenvalue weighted by Crippen LogP contribution is 2.29. The van der Waals surface area contributed by atoms with Crippen LogP contribution >= 0.6 is 0 Å². The van der Waals surface area contributed by atoms with Gasteiger partial charge in [0.15, 0.2) is 12.1 Å². The molecule has 1 atom stereocenters. The van der Waals surface area contributed by atoms with Gasteiger partial charge in [0, 0.05) is 11.3 Å². The van der Waals surface area contributed by atoms with Crippen molar-refractivity contribution in [3.05, 3.63) is 35.3 Å². The maximum Gasteiger partial charge on any atom is 0.274 e.